The first-order chi connectivity index (χ1) is 8.15. The second kappa shape index (κ2) is 5.27. The van der Waals surface area contributed by atoms with Gasteiger partial charge in [0.2, 0.25) is 0 Å². The van der Waals surface area contributed by atoms with Gasteiger partial charge >= 0.3 is 0 Å². The SMILES string of the molecule is Cc1cnnc(NC(C)c2ccc(Br)cc2)c1. The van der Waals surface area contributed by atoms with Crippen LogP contribution in [0.5, 0.6) is 0 Å². The van der Waals surface area contributed by atoms with Gasteiger partial charge in [-0.3, -0.25) is 0 Å². The third kappa shape index (κ3) is 3.27. The zero-order valence-electron chi connectivity index (χ0n) is 9.81. The smallest absolute Gasteiger partial charge is 0.149 e. The number of hydrogen-bond acceptors (Lipinski definition) is 3. The summed E-state index contributed by atoms with van der Waals surface area (Å²) in [6.07, 6.45) is 1.75. The highest BCUT2D eigenvalue weighted by Crippen LogP contribution is 2.19. The van der Waals surface area contributed by atoms with Gasteiger partial charge in [0.05, 0.1) is 6.20 Å². The molecule has 0 aliphatic carbocycles. The molecule has 1 unspecified atom stereocenters. The van der Waals surface area contributed by atoms with E-state index >= 15 is 0 Å². The summed E-state index contributed by atoms with van der Waals surface area (Å²) in [7, 11) is 0. The summed E-state index contributed by atoms with van der Waals surface area (Å²) in [6, 6.07) is 10.4. The quantitative estimate of drug-likeness (QED) is 0.937. The van der Waals surface area contributed by atoms with Gasteiger partial charge in [0.1, 0.15) is 5.82 Å². The number of halogens is 1. The largest absolute Gasteiger partial charge is 0.362 e. The Morgan fingerprint density at radius 1 is 1.24 bits per heavy atom. The summed E-state index contributed by atoms with van der Waals surface area (Å²) in [6.45, 7) is 4.11. The van der Waals surface area contributed by atoms with Crippen LogP contribution >= 0.6 is 15.9 Å². The van der Waals surface area contributed by atoms with Gasteiger partial charge in [0.25, 0.3) is 0 Å². The average Bonchev–Trinajstić information content (AvgIpc) is 2.29. The van der Waals surface area contributed by atoms with E-state index in [9.17, 15) is 0 Å². The molecule has 3 nitrogen and oxygen atoms in total. The molecule has 1 aromatic carbocycles. The van der Waals surface area contributed by atoms with Crippen LogP contribution in [-0.2, 0) is 0 Å². The molecule has 0 aliphatic rings. The second-order valence-corrected chi connectivity index (χ2v) is 4.95. The lowest BCUT2D eigenvalue weighted by atomic mass is 10.1. The topological polar surface area (TPSA) is 37.8 Å². The summed E-state index contributed by atoms with van der Waals surface area (Å²) in [4.78, 5) is 0. The number of nitrogens with one attached hydrogen (secondary N) is 1. The molecule has 4 heteroatoms. The van der Waals surface area contributed by atoms with Crippen molar-refractivity contribution < 1.29 is 0 Å². The lowest BCUT2D eigenvalue weighted by Gasteiger charge is -2.14. The maximum Gasteiger partial charge on any atom is 0.149 e. The third-order valence-corrected chi connectivity index (χ3v) is 3.05. The predicted molar refractivity (Wildman–Crippen MR) is 72.9 cm³/mol. The van der Waals surface area contributed by atoms with Crippen molar-refractivity contribution in [3.05, 3.63) is 52.1 Å². The van der Waals surface area contributed by atoms with Crippen LogP contribution in [0.15, 0.2) is 41.0 Å². The number of aromatic nitrogens is 2. The van der Waals surface area contributed by atoms with Crippen LogP contribution < -0.4 is 5.32 Å². The molecule has 0 fully saturated rings. The summed E-state index contributed by atoms with van der Waals surface area (Å²) in [5, 5.41) is 11.3. The van der Waals surface area contributed by atoms with Gasteiger partial charge in [-0.1, -0.05) is 28.1 Å². The molecule has 0 bridgehead atoms. The van der Waals surface area contributed by atoms with Gasteiger partial charge in [-0.2, -0.15) is 5.10 Å². The molecule has 0 saturated heterocycles. The van der Waals surface area contributed by atoms with Crippen LogP contribution in [-0.4, -0.2) is 10.2 Å². The summed E-state index contributed by atoms with van der Waals surface area (Å²) in [5.74, 6) is 0.806. The van der Waals surface area contributed by atoms with Gasteiger partial charge in [-0.25, -0.2) is 0 Å². The minimum atomic E-state index is 0.208. The highest BCUT2D eigenvalue weighted by Gasteiger charge is 2.06. The molecule has 1 aromatic heterocycles. The van der Waals surface area contributed by atoms with Crippen molar-refractivity contribution in [1.82, 2.24) is 10.2 Å². The van der Waals surface area contributed by atoms with Crippen molar-refractivity contribution in [2.45, 2.75) is 19.9 Å². The van der Waals surface area contributed by atoms with E-state index in [4.69, 9.17) is 0 Å². The van der Waals surface area contributed by atoms with E-state index in [0.717, 1.165) is 15.9 Å². The first-order valence-corrected chi connectivity index (χ1v) is 6.26. The zero-order chi connectivity index (χ0) is 12.3. The normalized spacial score (nSPS) is 12.2. The number of anilines is 1. The Kier molecular flexibility index (Phi) is 3.74. The molecule has 0 spiro atoms. The fraction of sp³-hybridized carbons (Fsp3) is 0.231. The highest BCUT2D eigenvalue weighted by atomic mass is 79.9. The van der Waals surface area contributed by atoms with Gasteiger partial charge in [0, 0.05) is 10.5 Å². The first-order valence-electron chi connectivity index (χ1n) is 5.46. The van der Waals surface area contributed by atoms with Crippen LogP contribution in [0.2, 0.25) is 0 Å². The number of aryl methyl sites for hydroxylation is 1. The molecule has 2 aromatic rings. The van der Waals surface area contributed by atoms with E-state index < -0.39 is 0 Å². The van der Waals surface area contributed by atoms with Crippen LogP contribution in [0.3, 0.4) is 0 Å². The average molecular weight is 292 g/mol. The molecule has 88 valence electrons. The van der Waals surface area contributed by atoms with Crippen LogP contribution in [0.25, 0.3) is 0 Å². The van der Waals surface area contributed by atoms with E-state index in [0.29, 0.717) is 0 Å². The van der Waals surface area contributed by atoms with Crippen molar-refractivity contribution >= 4 is 21.7 Å². The summed E-state index contributed by atoms with van der Waals surface area (Å²) < 4.78 is 1.09. The molecular formula is C13H14BrN3. The minimum absolute atomic E-state index is 0.208. The van der Waals surface area contributed by atoms with Crippen molar-refractivity contribution in [2.75, 3.05) is 5.32 Å². The van der Waals surface area contributed by atoms with Gasteiger partial charge in [-0.05, 0) is 43.2 Å². The maximum absolute atomic E-state index is 4.05. The molecule has 1 heterocycles. The molecule has 1 atom stereocenters. The lowest BCUT2D eigenvalue weighted by molar-refractivity contribution is 0.858. The third-order valence-electron chi connectivity index (χ3n) is 2.53. The number of rotatable bonds is 3. The number of hydrogen-bond donors (Lipinski definition) is 1. The second-order valence-electron chi connectivity index (χ2n) is 4.04. The molecule has 1 N–H and O–H groups in total. The Bertz CT molecular complexity index is 496. The maximum atomic E-state index is 4.05. The van der Waals surface area contributed by atoms with E-state index in [1.54, 1.807) is 6.20 Å². The molecule has 0 amide bonds. The Morgan fingerprint density at radius 2 is 1.94 bits per heavy atom. The molecule has 0 radical (unpaired) electrons. The van der Waals surface area contributed by atoms with E-state index in [1.807, 2.05) is 25.1 Å². The van der Waals surface area contributed by atoms with E-state index in [1.165, 1.54) is 5.56 Å². The molecule has 0 saturated carbocycles. The van der Waals surface area contributed by atoms with Crippen LogP contribution in [0, 0.1) is 6.92 Å². The highest BCUT2D eigenvalue weighted by molar-refractivity contribution is 9.10. The van der Waals surface area contributed by atoms with Crippen LogP contribution in [0.1, 0.15) is 24.1 Å². The van der Waals surface area contributed by atoms with Gasteiger partial charge < -0.3 is 5.32 Å². The Balaban J connectivity index is 2.11. The molecule has 2 rings (SSSR count). The van der Waals surface area contributed by atoms with Crippen molar-refractivity contribution in [3.8, 4) is 0 Å². The Labute approximate surface area is 109 Å². The monoisotopic (exact) mass is 291 g/mol. The van der Waals surface area contributed by atoms with Crippen molar-refractivity contribution in [3.63, 3.8) is 0 Å². The Morgan fingerprint density at radius 3 is 2.59 bits per heavy atom. The fourth-order valence-corrected chi connectivity index (χ4v) is 1.86. The van der Waals surface area contributed by atoms with Crippen LogP contribution in [0.4, 0.5) is 5.82 Å². The van der Waals surface area contributed by atoms with Crippen molar-refractivity contribution in [2.24, 2.45) is 0 Å². The lowest BCUT2D eigenvalue weighted by Crippen LogP contribution is -2.08. The number of benzene rings is 1. The molecule has 17 heavy (non-hydrogen) atoms. The molecular weight excluding hydrogens is 278 g/mol. The zero-order valence-corrected chi connectivity index (χ0v) is 11.4. The Hall–Kier alpha value is -1.42. The minimum Gasteiger partial charge on any atom is -0.362 e. The molecule has 0 aliphatic heterocycles. The fourth-order valence-electron chi connectivity index (χ4n) is 1.59. The van der Waals surface area contributed by atoms with Gasteiger partial charge in [-0.15, -0.1) is 5.10 Å². The predicted octanol–water partition coefficient (Wildman–Crippen LogP) is 3.72. The van der Waals surface area contributed by atoms with E-state index in [-0.39, 0.29) is 6.04 Å². The standard InChI is InChI=1S/C13H14BrN3/c1-9-7-13(17-15-8-9)16-10(2)11-3-5-12(14)6-4-11/h3-8,10H,1-2H3,(H,16,17). The summed E-state index contributed by atoms with van der Waals surface area (Å²) >= 11 is 3.43. The first kappa shape index (κ1) is 12.0. The number of nitrogens with zero attached hydrogens (tertiary/aromatic N) is 2. The summed E-state index contributed by atoms with van der Waals surface area (Å²) in [5.41, 5.74) is 2.32. The van der Waals surface area contributed by atoms with E-state index in [2.05, 4.69) is 50.5 Å². The van der Waals surface area contributed by atoms with Crippen molar-refractivity contribution in [1.29, 1.82) is 0 Å². The van der Waals surface area contributed by atoms with Gasteiger partial charge in [0.15, 0.2) is 0 Å².